The van der Waals surface area contributed by atoms with E-state index in [1.807, 2.05) is 56.0 Å². The van der Waals surface area contributed by atoms with E-state index in [1.165, 1.54) is 5.56 Å². The van der Waals surface area contributed by atoms with Gasteiger partial charge in [-0.05, 0) is 60.2 Å². The molecule has 2 heterocycles. The molecule has 37 heavy (non-hydrogen) atoms. The van der Waals surface area contributed by atoms with E-state index in [4.69, 9.17) is 0 Å². The normalized spacial score (nSPS) is 11.8. The van der Waals surface area contributed by atoms with Crippen LogP contribution in [0.2, 0.25) is 0 Å². The van der Waals surface area contributed by atoms with Gasteiger partial charge in [-0.3, -0.25) is 9.48 Å². The number of rotatable bonds is 7. The molecule has 0 atom stereocenters. The lowest BCUT2D eigenvalue weighted by Crippen LogP contribution is -2.23. The van der Waals surface area contributed by atoms with Gasteiger partial charge >= 0.3 is 0 Å². The number of benzene rings is 2. The summed E-state index contributed by atoms with van der Waals surface area (Å²) in [5.74, 6) is -0.168. The molecule has 0 aliphatic heterocycles. The highest BCUT2D eigenvalue weighted by molar-refractivity contribution is 6.04. The Morgan fingerprint density at radius 3 is 2.49 bits per heavy atom. The molecule has 8 nitrogen and oxygen atoms in total. The first kappa shape index (κ1) is 26.3. The quantitative estimate of drug-likeness (QED) is 0.359. The van der Waals surface area contributed by atoms with Crippen molar-refractivity contribution in [1.29, 1.82) is 0 Å². The van der Waals surface area contributed by atoms with E-state index in [2.05, 4.69) is 72.8 Å². The molecule has 8 heteroatoms. The number of aryl methyl sites for hydroxylation is 2. The zero-order chi connectivity index (χ0) is 26.9. The first-order valence-corrected chi connectivity index (χ1v) is 12.6. The standard InChI is InChI=1S/C29H37N7O/c1-18(2)30-15-21-11-23(29(5,6)7)14-24(12-21)32-28(37)22-10-9-19(3)27(13-22)36-17-26(33-34-36)25-16-31-35(8)20(25)4/h9-14,16-18,30H,15H2,1-8H3,(H,32,37). The van der Waals surface area contributed by atoms with Gasteiger partial charge in [0.15, 0.2) is 0 Å². The monoisotopic (exact) mass is 499 g/mol. The number of aromatic nitrogens is 5. The summed E-state index contributed by atoms with van der Waals surface area (Å²) in [4.78, 5) is 13.3. The maximum Gasteiger partial charge on any atom is 0.255 e. The van der Waals surface area contributed by atoms with Crippen LogP contribution in [0.25, 0.3) is 16.9 Å². The molecule has 0 saturated heterocycles. The average molecular weight is 500 g/mol. The zero-order valence-electron chi connectivity index (χ0n) is 23.0. The Balaban J connectivity index is 1.61. The van der Waals surface area contributed by atoms with E-state index >= 15 is 0 Å². The largest absolute Gasteiger partial charge is 0.322 e. The predicted molar refractivity (Wildman–Crippen MR) is 148 cm³/mol. The van der Waals surface area contributed by atoms with Crippen LogP contribution >= 0.6 is 0 Å². The molecular formula is C29H37N7O. The molecule has 0 spiro atoms. The van der Waals surface area contributed by atoms with Gasteiger partial charge in [-0.15, -0.1) is 5.10 Å². The summed E-state index contributed by atoms with van der Waals surface area (Å²) >= 11 is 0. The van der Waals surface area contributed by atoms with Crippen molar-refractivity contribution in [2.45, 2.75) is 66.5 Å². The summed E-state index contributed by atoms with van der Waals surface area (Å²) in [5, 5.41) is 19.6. The van der Waals surface area contributed by atoms with Crippen molar-refractivity contribution in [3.05, 3.63) is 76.7 Å². The average Bonchev–Trinajstić information content (AvgIpc) is 3.44. The Hall–Kier alpha value is -3.78. The maximum absolute atomic E-state index is 13.3. The number of hydrogen-bond donors (Lipinski definition) is 2. The number of nitrogens with zero attached hydrogens (tertiary/aromatic N) is 5. The minimum absolute atomic E-state index is 0.0399. The lowest BCUT2D eigenvalue weighted by atomic mass is 9.85. The van der Waals surface area contributed by atoms with Crippen molar-refractivity contribution >= 4 is 11.6 Å². The second-order valence-corrected chi connectivity index (χ2v) is 11.0. The molecule has 0 aliphatic carbocycles. The van der Waals surface area contributed by atoms with Gasteiger partial charge in [-0.2, -0.15) is 5.10 Å². The lowest BCUT2D eigenvalue weighted by molar-refractivity contribution is 0.102. The Bertz CT molecular complexity index is 1420. The summed E-state index contributed by atoms with van der Waals surface area (Å²) < 4.78 is 3.52. The third-order valence-corrected chi connectivity index (χ3v) is 6.55. The summed E-state index contributed by atoms with van der Waals surface area (Å²) in [6.07, 6.45) is 3.66. The summed E-state index contributed by atoms with van der Waals surface area (Å²) in [6.45, 7) is 15.5. The summed E-state index contributed by atoms with van der Waals surface area (Å²) in [6, 6.07) is 12.3. The molecule has 194 valence electrons. The van der Waals surface area contributed by atoms with Crippen LogP contribution in [0, 0.1) is 13.8 Å². The first-order valence-electron chi connectivity index (χ1n) is 12.6. The van der Waals surface area contributed by atoms with Gasteiger partial charge in [0.25, 0.3) is 5.91 Å². The second-order valence-electron chi connectivity index (χ2n) is 11.0. The van der Waals surface area contributed by atoms with Crippen LogP contribution in [0.5, 0.6) is 0 Å². The third kappa shape index (κ3) is 5.97. The van der Waals surface area contributed by atoms with E-state index in [1.54, 1.807) is 10.9 Å². The van der Waals surface area contributed by atoms with Crippen molar-refractivity contribution in [2.75, 3.05) is 5.32 Å². The molecule has 2 aromatic heterocycles. The van der Waals surface area contributed by atoms with Crippen LogP contribution in [0.4, 0.5) is 5.69 Å². The SMILES string of the molecule is Cc1ccc(C(=O)Nc2cc(CNC(C)C)cc(C(C)(C)C)c2)cc1-n1cc(-c2cnn(C)c2C)nn1. The Kier molecular flexibility index (Phi) is 7.32. The molecule has 4 aromatic rings. The fraction of sp³-hybridized carbons (Fsp3) is 0.379. The van der Waals surface area contributed by atoms with Gasteiger partial charge in [-0.1, -0.05) is 52.0 Å². The van der Waals surface area contributed by atoms with Gasteiger partial charge in [0.1, 0.15) is 5.69 Å². The van der Waals surface area contributed by atoms with Crippen LogP contribution in [-0.2, 0) is 19.0 Å². The van der Waals surface area contributed by atoms with Crippen molar-refractivity contribution in [3.63, 3.8) is 0 Å². The molecule has 0 saturated carbocycles. The molecule has 2 N–H and O–H groups in total. The van der Waals surface area contributed by atoms with E-state index in [-0.39, 0.29) is 11.3 Å². The zero-order valence-corrected chi connectivity index (χ0v) is 23.0. The highest BCUT2D eigenvalue weighted by Crippen LogP contribution is 2.28. The number of amides is 1. The molecule has 0 unspecified atom stereocenters. The number of carbonyl (C=O) groups is 1. The van der Waals surface area contributed by atoms with Gasteiger partial charge in [-0.25, -0.2) is 4.68 Å². The molecule has 1 amide bonds. The summed E-state index contributed by atoms with van der Waals surface area (Å²) in [7, 11) is 1.90. The highest BCUT2D eigenvalue weighted by Gasteiger charge is 2.18. The fourth-order valence-corrected chi connectivity index (χ4v) is 4.08. The molecule has 2 aromatic carbocycles. The number of nitrogens with one attached hydrogen (secondary N) is 2. The minimum Gasteiger partial charge on any atom is -0.322 e. The molecule has 0 aliphatic rings. The smallest absolute Gasteiger partial charge is 0.255 e. The van der Waals surface area contributed by atoms with Crippen LogP contribution in [0.1, 0.15) is 67.4 Å². The van der Waals surface area contributed by atoms with Crippen molar-refractivity contribution in [3.8, 4) is 16.9 Å². The molecule has 0 fully saturated rings. The van der Waals surface area contributed by atoms with Crippen molar-refractivity contribution in [1.82, 2.24) is 30.1 Å². The third-order valence-electron chi connectivity index (χ3n) is 6.55. The molecule has 4 rings (SSSR count). The van der Waals surface area contributed by atoms with Crippen LogP contribution in [0.15, 0.2) is 48.8 Å². The summed E-state index contributed by atoms with van der Waals surface area (Å²) in [5.41, 5.74) is 8.10. The lowest BCUT2D eigenvalue weighted by Gasteiger charge is -2.22. The Labute approximate surface area is 219 Å². The highest BCUT2D eigenvalue weighted by atomic mass is 16.1. The second kappa shape index (κ2) is 10.3. The van der Waals surface area contributed by atoms with Crippen LogP contribution < -0.4 is 10.6 Å². The number of anilines is 1. The van der Waals surface area contributed by atoms with E-state index in [0.717, 1.165) is 46.0 Å². The van der Waals surface area contributed by atoms with Crippen LogP contribution in [-0.4, -0.2) is 36.7 Å². The maximum atomic E-state index is 13.3. The van der Waals surface area contributed by atoms with Gasteiger partial charge in [0.2, 0.25) is 0 Å². The first-order chi connectivity index (χ1) is 17.4. The Morgan fingerprint density at radius 2 is 1.84 bits per heavy atom. The predicted octanol–water partition coefficient (Wildman–Crippen LogP) is 5.33. The van der Waals surface area contributed by atoms with Gasteiger partial charge < -0.3 is 10.6 Å². The Morgan fingerprint density at radius 1 is 1.08 bits per heavy atom. The minimum atomic E-state index is -0.168. The number of hydrogen-bond acceptors (Lipinski definition) is 5. The fourth-order valence-electron chi connectivity index (χ4n) is 4.08. The topological polar surface area (TPSA) is 89.7 Å². The molecule has 0 bridgehead atoms. The number of carbonyl (C=O) groups excluding carboxylic acids is 1. The van der Waals surface area contributed by atoms with Crippen molar-refractivity contribution in [2.24, 2.45) is 7.05 Å². The van der Waals surface area contributed by atoms with Crippen molar-refractivity contribution < 1.29 is 4.79 Å². The van der Waals surface area contributed by atoms with E-state index < -0.39 is 0 Å². The van der Waals surface area contributed by atoms with Gasteiger partial charge in [0, 0.05) is 42.1 Å². The van der Waals surface area contributed by atoms with E-state index in [0.29, 0.717) is 11.6 Å². The molecule has 0 radical (unpaired) electrons. The molecular weight excluding hydrogens is 462 g/mol. The van der Waals surface area contributed by atoms with Gasteiger partial charge in [0.05, 0.1) is 18.1 Å². The van der Waals surface area contributed by atoms with Crippen LogP contribution in [0.3, 0.4) is 0 Å². The van der Waals surface area contributed by atoms with E-state index in [9.17, 15) is 4.79 Å².